The second-order valence-electron chi connectivity index (χ2n) is 9.37. The minimum atomic E-state index is -3.65. The lowest BCUT2D eigenvalue weighted by atomic mass is 10.1. The van der Waals surface area contributed by atoms with E-state index in [1.54, 1.807) is 24.3 Å². The lowest BCUT2D eigenvalue weighted by molar-refractivity contribution is 0.0896. The van der Waals surface area contributed by atoms with Crippen LogP contribution < -0.4 is 15.6 Å². The molecule has 40 heavy (non-hydrogen) atoms. The smallest absolute Gasteiger partial charge is 0.410 e. The Labute approximate surface area is 229 Å². The van der Waals surface area contributed by atoms with Crippen LogP contribution in [-0.4, -0.2) is 58.8 Å². The second kappa shape index (κ2) is 11.8. The molecular weight excluding hydrogens is 545 g/mol. The van der Waals surface area contributed by atoms with Crippen molar-refractivity contribution in [2.24, 2.45) is 7.05 Å². The summed E-state index contributed by atoms with van der Waals surface area (Å²) in [5, 5.41) is 13.0. The Morgan fingerprint density at radius 1 is 1.12 bits per heavy atom. The number of carbonyl (C=O) groups excluding carboxylic acids is 2. The molecule has 2 aromatic carbocycles. The topological polar surface area (TPSA) is 160 Å². The number of carbonyl (C=O) groups is 2. The van der Waals surface area contributed by atoms with Crippen LogP contribution in [0.1, 0.15) is 39.9 Å². The molecule has 14 heteroatoms. The second-order valence-corrected chi connectivity index (χ2v) is 11.2. The highest BCUT2D eigenvalue weighted by molar-refractivity contribution is 7.88. The minimum absolute atomic E-state index is 0.0230. The number of halogens is 1. The number of rotatable bonds is 8. The van der Waals surface area contributed by atoms with Crippen LogP contribution >= 0.6 is 0 Å². The van der Waals surface area contributed by atoms with E-state index >= 15 is 0 Å². The predicted molar refractivity (Wildman–Crippen MR) is 141 cm³/mol. The Kier molecular flexibility index (Phi) is 8.49. The van der Waals surface area contributed by atoms with Gasteiger partial charge in [0.25, 0.3) is 11.5 Å². The van der Waals surface area contributed by atoms with E-state index in [0.717, 1.165) is 16.4 Å². The maximum atomic E-state index is 13.2. The van der Waals surface area contributed by atoms with Crippen LogP contribution in [0.25, 0.3) is 0 Å². The lowest BCUT2D eigenvalue weighted by Gasteiger charge is -2.25. The first-order chi connectivity index (χ1) is 18.9. The zero-order valence-electron chi connectivity index (χ0n) is 21.7. The summed E-state index contributed by atoms with van der Waals surface area (Å²) >= 11 is 0. The number of aromatic nitrogens is 2. The van der Waals surface area contributed by atoms with Gasteiger partial charge in [0.2, 0.25) is 15.8 Å². The summed E-state index contributed by atoms with van der Waals surface area (Å²) in [6.45, 7) is -0.174. The van der Waals surface area contributed by atoms with Crippen molar-refractivity contribution in [1.29, 1.82) is 0 Å². The number of sulfonamides is 1. The van der Waals surface area contributed by atoms with Gasteiger partial charge in [-0.3, -0.25) is 19.1 Å². The van der Waals surface area contributed by atoms with Gasteiger partial charge in [-0.1, -0.05) is 42.5 Å². The van der Waals surface area contributed by atoms with Gasteiger partial charge in [-0.05, 0) is 29.7 Å². The van der Waals surface area contributed by atoms with E-state index in [1.165, 1.54) is 36.2 Å². The minimum Gasteiger partial charge on any atom is -0.501 e. The van der Waals surface area contributed by atoms with Crippen LogP contribution in [0.3, 0.4) is 0 Å². The van der Waals surface area contributed by atoms with E-state index in [-0.39, 0.29) is 31.9 Å². The van der Waals surface area contributed by atoms with Crippen molar-refractivity contribution in [2.45, 2.75) is 31.7 Å². The van der Waals surface area contributed by atoms with Crippen LogP contribution in [0.4, 0.5) is 9.18 Å². The average molecular weight is 574 g/mol. The molecule has 2 heterocycles. The normalized spacial score (nSPS) is 17.0. The molecule has 212 valence electrons. The van der Waals surface area contributed by atoms with E-state index in [4.69, 9.17) is 4.74 Å². The van der Waals surface area contributed by atoms with Gasteiger partial charge in [0.05, 0.1) is 12.3 Å². The fourth-order valence-corrected chi connectivity index (χ4v) is 5.18. The van der Waals surface area contributed by atoms with Crippen molar-refractivity contribution in [3.8, 4) is 5.75 Å². The number of likely N-dealkylation sites (tertiary alicyclic amines) is 1. The highest BCUT2D eigenvalue weighted by Gasteiger charge is 2.41. The van der Waals surface area contributed by atoms with Gasteiger partial charge in [0.1, 0.15) is 18.2 Å². The molecule has 4 rings (SSSR count). The lowest BCUT2D eigenvalue weighted by Crippen LogP contribution is -2.39. The summed E-state index contributed by atoms with van der Waals surface area (Å²) in [5.41, 5.74) is -0.213. The highest BCUT2D eigenvalue weighted by Crippen LogP contribution is 2.32. The summed E-state index contributed by atoms with van der Waals surface area (Å²) < 4.78 is 45.9. The molecule has 0 aliphatic carbocycles. The third-order valence-corrected chi connectivity index (χ3v) is 7.06. The SMILES string of the molecule is Cn1c([C@@H]2C[C@H](NS(C)(=O)=O)CN2C(=O)OCc2ccccc2)nc(C(=O)NCc2ccc(F)cc2)c(O)c1=O. The first-order valence-electron chi connectivity index (χ1n) is 12.2. The van der Waals surface area contributed by atoms with Crippen LogP contribution in [0.15, 0.2) is 59.4 Å². The molecule has 1 fully saturated rings. The zero-order valence-corrected chi connectivity index (χ0v) is 22.5. The number of nitrogens with one attached hydrogen (secondary N) is 2. The van der Waals surface area contributed by atoms with Gasteiger partial charge in [-0.25, -0.2) is 27.3 Å². The molecule has 0 bridgehead atoms. The maximum absolute atomic E-state index is 13.2. The Hall–Kier alpha value is -4.30. The third-order valence-electron chi connectivity index (χ3n) is 6.30. The van der Waals surface area contributed by atoms with Gasteiger partial charge < -0.3 is 15.2 Å². The van der Waals surface area contributed by atoms with E-state index in [2.05, 4.69) is 15.0 Å². The first-order valence-corrected chi connectivity index (χ1v) is 14.1. The molecule has 1 saturated heterocycles. The van der Waals surface area contributed by atoms with Gasteiger partial charge >= 0.3 is 6.09 Å². The van der Waals surface area contributed by atoms with Crippen molar-refractivity contribution in [1.82, 2.24) is 24.5 Å². The molecular formula is C26H28FN5O7S. The molecule has 12 nitrogen and oxygen atoms in total. The Balaban J connectivity index is 1.62. The number of benzene rings is 2. The van der Waals surface area contributed by atoms with Gasteiger partial charge in [0.15, 0.2) is 5.69 Å². The monoisotopic (exact) mass is 573 g/mol. The van der Waals surface area contributed by atoms with Crippen LogP contribution in [0.5, 0.6) is 5.75 Å². The van der Waals surface area contributed by atoms with Gasteiger partial charge in [-0.15, -0.1) is 0 Å². The van der Waals surface area contributed by atoms with Crippen LogP contribution in [0, 0.1) is 5.82 Å². The Morgan fingerprint density at radius 3 is 2.45 bits per heavy atom. The van der Waals surface area contributed by atoms with E-state index < -0.39 is 56.9 Å². The molecule has 2 amide bonds. The highest BCUT2D eigenvalue weighted by atomic mass is 32.2. The summed E-state index contributed by atoms with van der Waals surface area (Å²) in [7, 11) is -2.33. The fraction of sp³-hybridized carbons (Fsp3) is 0.308. The van der Waals surface area contributed by atoms with Crippen LogP contribution in [-0.2, 0) is 35.0 Å². The fourth-order valence-electron chi connectivity index (χ4n) is 4.40. The number of amides is 2. The van der Waals surface area contributed by atoms with E-state index in [1.807, 2.05) is 6.07 Å². The van der Waals surface area contributed by atoms with Gasteiger partial charge in [0, 0.05) is 26.2 Å². The molecule has 0 saturated carbocycles. The molecule has 0 spiro atoms. The molecule has 1 aromatic heterocycles. The Morgan fingerprint density at radius 2 is 1.80 bits per heavy atom. The van der Waals surface area contributed by atoms with E-state index in [9.17, 15) is 32.3 Å². The third kappa shape index (κ3) is 6.82. The molecule has 2 atom stereocenters. The predicted octanol–water partition coefficient (Wildman–Crippen LogP) is 1.56. The largest absolute Gasteiger partial charge is 0.501 e. The summed E-state index contributed by atoms with van der Waals surface area (Å²) in [5.74, 6) is -2.27. The number of hydrogen-bond acceptors (Lipinski definition) is 8. The number of nitrogens with zero attached hydrogens (tertiary/aromatic N) is 3. The molecule has 1 aliphatic heterocycles. The quantitative estimate of drug-likeness (QED) is 0.366. The van der Waals surface area contributed by atoms with Crippen molar-refractivity contribution >= 4 is 22.0 Å². The van der Waals surface area contributed by atoms with Crippen molar-refractivity contribution in [3.05, 3.63) is 93.4 Å². The molecule has 0 radical (unpaired) electrons. The van der Waals surface area contributed by atoms with Crippen molar-refractivity contribution < 1.29 is 32.2 Å². The number of hydrogen-bond donors (Lipinski definition) is 3. The molecule has 3 aromatic rings. The van der Waals surface area contributed by atoms with Crippen molar-refractivity contribution in [3.63, 3.8) is 0 Å². The van der Waals surface area contributed by atoms with Crippen molar-refractivity contribution in [2.75, 3.05) is 12.8 Å². The zero-order chi connectivity index (χ0) is 29.0. The number of ether oxygens (including phenoxy) is 1. The number of aromatic hydroxyl groups is 1. The summed E-state index contributed by atoms with van der Waals surface area (Å²) in [6.07, 6.45) is 0.224. The molecule has 3 N–H and O–H groups in total. The molecule has 0 unspecified atom stereocenters. The first kappa shape index (κ1) is 28.7. The standard InChI is InChI=1S/C26H28FN5O7S/c1-31-23(29-21(22(33)25(31)35)24(34)28-13-16-8-10-18(27)11-9-16)20-12-19(30-40(2,37)38)14-32(20)26(36)39-15-17-6-4-3-5-7-17/h3-11,19-20,30,33H,12-15H2,1-2H3,(H,28,34)/t19-,20-/m0/s1. The average Bonchev–Trinajstić information content (AvgIpc) is 3.32. The summed E-state index contributed by atoms with van der Waals surface area (Å²) in [4.78, 5) is 44.4. The van der Waals surface area contributed by atoms with E-state index in [0.29, 0.717) is 5.56 Å². The summed E-state index contributed by atoms with van der Waals surface area (Å²) in [6, 6.07) is 12.6. The maximum Gasteiger partial charge on any atom is 0.410 e. The molecule has 1 aliphatic rings. The van der Waals surface area contributed by atoms with Crippen LogP contribution in [0.2, 0.25) is 0 Å². The Bertz CT molecular complexity index is 1560. The van der Waals surface area contributed by atoms with Gasteiger partial charge in [-0.2, -0.15) is 0 Å².